The zero-order valence-corrected chi connectivity index (χ0v) is 10.9. The fourth-order valence-corrected chi connectivity index (χ4v) is 2.47. The molecule has 4 nitrogen and oxygen atoms in total. The van der Waals surface area contributed by atoms with Gasteiger partial charge in [0.05, 0.1) is 0 Å². The lowest BCUT2D eigenvalue weighted by atomic mass is 9.99. The van der Waals surface area contributed by atoms with Crippen LogP contribution in [0, 0.1) is 11.8 Å². The third kappa shape index (κ3) is 4.28. The van der Waals surface area contributed by atoms with E-state index in [0.717, 1.165) is 32.1 Å². The van der Waals surface area contributed by atoms with E-state index in [1.165, 1.54) is 25.9 Å². The first-order chi connectivity index (χ1) is 8.24. The SMILES string of the molecule is CC1CCN(CCNC(=O)CC2CNC2)CC1. The maximum Gasteiger partial charge on any atom is 0.220 e. The molecule has 2 aliphatic rings. The summed E-state index contributed by atoms with van der Waals surface area (Å²) in [6.07, 6.45) is 3.31. The zero-order valence-electron chi connectivity index (χ0n) is 10.9. The third-order valence-electron chi connectivity index (χ3n) is 3.97. The molecule has 0 aromatic carbocycles. The molecular formula is C13H25N3O. The summed E-state index contributed by atoms with van der Waals surface area (Å²) in [5.74, 6) is 1.68. The molecule has 2 aliphatic heterocycles. The van der Waals surface area contributed by atoms with Crippen LogP contribution in [0.4, 0.5) is 0 Å². The zero-order chi connectivity index (χ0) is 12.1. The van der Waals surface area contributed by atoms with Crippen molar-refractivity contribution in [3.8, 4) is 0 Å². The first-order valence-electron chi connectivity index (χ1n) is 6.94. The maximum absolute atomic E-state index is 11.6. The highest BCUT2D eigenvalue weighted by atomic mass is 16.1. The number of hydrogen-bond acceptors (Lipinski definition) is 3. The largest absolute Gasteiger partial charge is 0.355 e. The molecule has 0 bridgehead atoms. The van der Waals surface area contributed by atoms with E-state index in [9.17, 15) is 4.79 Å². The molecule has 2 heterocycles. The van der Waals surface area contributed by atoms with Gasteiger partial charge < -0.3 is 15.5 Å². The molecule has 0 aromatic heterocycles. The number of amides is 1. The van der Waals surface area contributed by atoms with Crippen molar-refractivity contribution in [3.05, 3.63) is 0 Å². The molecule has 2 N–H and O–H groups in total. The van der Waals surface area contributed by atoms with Crippen LogP contribution in [0.1, 0.15) is 26.2 Å². The Kier molecular flexibility index (Phi) is 4.80. The van der Waals surface area contributed by atoms with Crippen molar-refractivity contribution < 1.29 is 4.79 Å². The van der Waals surface area contributed by atoms with Crippen LogP contribution in [0.5, 0.6) is 0 Å². The number of carbonyl (C=O) groups is 1. The third-order valence-corrected chi connectivity index (χ3v) is 3.97. The highest BCUT2D eigenvalue weighted by Gasteiger charge is 2.20. The second-order valence-electron chi connectivity index (χ2n) is 5.60. The van der Waals surface area contributed by atoms with E-state index in [1.54, 1.807) is 0 Å². The lowest BCUT2D eigenvalue weighted by molar-refractivity contribution is -0.122. The van der Waals surface area contributed by atoms with Gasteiger partial charge in [-0.25, -0.2) is 0 Å². The van der Waals surface area contributed by atoms with Gasteiger partial charge >= 0.3 is 0 Å². The highest BCUT2D eigenvalue weighted by molar-refractivity contribution is 5.76. The van der Waals surface area contributed by atoms with Gasteiger partial charge in [0.1, 0.15) is 0 Å². The van der Waals surface area contributed by atoms with Crippen molar-refractivity contribution >= 4 is 5.91 Å². The van der Waals surface area contributed by atoms with E-state index in [2.05, 4.69) is 22.5 Å². The Hall–Kier alpha value is -0.610. The number of rotatable bonds is 5. The fourth-order valence-electron chi connectivity index (χ4n) is 2.47. The van der Waals surface area contributed by atoms with Gasteiger partial charge in [0.2, 0.25) is 5.91 Å². The van der Waals surface area contributed by atoms with E-state index in [0.29, 0.717) is 12.3 Å². The van der Waals surface area contributed by atoms with Crippen molar-refractivity contribution in [1.82, 2.24) is 15.5 Å². The van der Waals surface area contributed by atoms with Crippen LogP contribution in [-0.2, 0) is 4.79 Å². The van der Waals surface area contributed by atoms with Crippen LogP contribution in [0.2, 0.25) is 0 Å². The number of carbonyl (C=O) groups excluding carboxylic acids is 1. The lowest BCUT2D eigenvalue weighted by Gasteiger charge is -2.30. The summed E-state index contributed by atoms with van der Waals surface area (Å²) in [4.78, 5) is 14.0. The van der Waals surface area contributed by atoms with E-state index < -0.39 is 0 Å². The van der Waals surface area contributed by atoms with Crippen LogP contribution >= 0.6 is 0 Å². The van der Waals surface area contributed by atoms with Crippen LogP contribution < -0.4 is 10.6 Å². The van der Waals surface area contributed by atoms with Crippen molar-refractivity contribution in [3.63, 3.8) is 0 Å². The minimum Gasteiger partial charge on any atom is -0.355 e. The molecule has 2 saturated heterocycles. The molecular weight excluding hydrogens is 214 g/mol. The molecule has 0 saturated carbocycles. The van der Waals surface area contributed by atoms with Crippen molar-refractivity contribution in [2.45, 2.75) is 26.2 Å². The van der Waals surface area contributed by atoms with Gasteiger partial charge in [-0.1, -0.05) is 6.92 Å². The van der Waals surface area contributed by atoms with Crippen LogP contribution in [0.25, 0.3) is 0 Å². The maximum atomic E-state index is 11.6. The first kappa shape index (κ1) is 12.8. The monoisotopic (exact) mass is 239 g/mol. The smallest absolute Gasteiger partial charge is 0.220 e. The lowest BCUT2D eigenvalue weighted by Crippen LogP contribution is -2.45. The first-order valence-corrected chi connectivity index (χ1v) is 6.94. The van der Waals surface area contributed by atoms with Crippen LogP contribution in [-0.4, -0.2) is 50.1 Å². The minimum atomic E-state index is 0.224. The molecule has 2 fully saturated rings. The standard InChI is InChI=1S/C13H25N3O/c1-11-2-5-16(6-3-11)7-4-15-13(17)8-12-9-14-10-12/h11-12,14H,2-10H2,1H3,(H,15,17). The molecule has 0 unspecified atom stereocenters. The molecule has 0 atom stereocenters. The summed E-state index contributed by atoms with van der Waals surface area (Å²) in [5.41, 5.74) is 0. The molecule has 2 rings (SSSR count). The molecule has 17 heavy (non-hydrogen) atoms. The Bertz CT molecular complexity index is 245. The quantitative estimate of drug-likeness (QED) is 0.732. The van der Waals surface area contributed by atoms with Gasteiger partial charge in [0, 0.05) is 19.5 Å². The van der Waals surface area contributed by atoms with E-state index in [-0.39, 0.29) is 5.91 Å². The summed E-state index contributed by atoms with van der Waals surface area (Å²) in [6.45, 7) is 8.57. The fraction of sp³-hybridized carbons (Fsp3) is 0.923. The molecule has 4 heteroatoms. The number of piperidine rings is 1. The van der Waals surface area contributed by atoms with Gasteiger partial charge in [0.25, 0.3) is 0 Å². The highest BCUT2D eigenvalue weighted by Crippen LogP contribution is 2.15. The molecule has 98 valence electrons. The van der Waals surface area contributed by atoms with Gasteiger partial charge in [-0.2, -0.15) is 0 Å². The molecule has 0 spiro atoms. The van der Waals surface area contributed by atoms with Crippen LogP contribution in [0.15, 0.2) is 0 Å². The van der Waals surface area contributed by atoms with Gasteiger partial charge in [-0.15, -0.1) is 0 Å². The second kappa shape index (κ2) is 6.36. The predicted octanol–water partition coefficient (Wildman–Crippen LogP) is 0.444. The normalized spacial score (nSPS) is 23.4. The summed E-state index contributed by atoms with van der Waals surface area (Å²) in [6, 6.07) is 0. The second-order valence-corrected chi connectivity index (χ2v) is 5.60. The Morgan fingerprint density at radius 2 is 2.06 bits per heavy atom. The van der Waals surface area contributed by atoms with Crippen molar-refractivity contribution in [1.29, 1.82) is 0 Å². The molecule has 0 aromatic rings. The number of hydrogen-bond donors (Lipinski definition) is 2. The number of likely N-dealkylation sites (tertiary alicyclic amines) is 1. The average Bonchev–Trinajstić information content (AvgIpc) is 2.26. The number of nitrogens with zero attached hydrogens (tertiary/aromatic N) is 1. The molecule has 0 radical (unpaired) electrons. The summed E-state index contributed by atoms with van der Waals surface area (Å²) >= 11 is 0. The van der Waals surface area contributed by atoms with Crippen LogP contribution in [0.3, 0.4) is 0 Å². The van der Waals surface area contributed by atoms with E-state index >= 15 is 0 Å². The van der Waals surface area contributed by atoms with Gasteiger partial charge in [-0.3, -0.25) is 4.79 Å². The summed E-state index contributed by atoms with van der Waals surface area (Å²) in [5, 5.41) is 6.22. The summed E-state index contributed by atoms with van der Waals surface area (Å²) < 4.78 is 0. The predicted molar refractivity (Wildman–Crippen MR) is 68.8 cm³/mol. The Morgan fingerprint density at radius 1 is 1.35 bits per heavy atom. The Labute approximate surface area is 104 Å². The van der Waals surface area contributed by atoms with Gasteiger partial charge in [0.15, 0.2) is 0 Å². The molecule has 0 aliphatic carbocycles. The van der Waals surface area contributed by atoms with Crippen molar-refractivity contribution in [2.24, 2.45) is 11.8 Å². The number of nitrogens with one attached hydrogen (secondary N) is 2. The van der Waals surface area contributed by atoms with E-state index in [1.807, 2.05) is 0 Å². The summed E-state index contributed by atoms with van der Waals surface area (Å²) in [7, 11) is 0. The van der Waals surface area contributed by atoms with E-state index in [4.69, 9.17) is 0 Å². The topological polar surface area (TPSA) is 44.4 Å². The average molecular weight is 239 g/mol. The Morgan fingerprint density at radius 3 is 2.65 bits per heavy atom. The minimum absolute atomic E-state index is 0.224. The van der Waals surface area contributed by atoms with Crippen molar-refractivity contribution in [2.75, 3.05) is 39.3 Å². The Balaban J connectivity index is 1.51. The van der Waals surface area contributed by atoms with Gasteiger partial charge in [-0.05, 0) is 50.9 Å². The molecule has 1 amide bonds.